The normalized spacial score (nSPS) is 14.2. The van der Waals surface area contributed by atoms with E-state index in [-0.39, 0.29) is 41.5 Å². The smallest absolute Gasteiger partial charge is 0.407 e. The molecule has 3 aromatic heterocycles. The number of carbonyl (C=O) groups excluding carboxylic acids is 2. The monoisotopic (exact) mass is 705 g/mol. The summed E-state index contributed by atoms with van der Waals surface area (Å²) in [6, 6.07) is 15.6. The van der Waals surface area contributed by atoms with Crippen LogP contribution in [0.15, 0.2) is 71.8 Å². The van der Waals surface area contributed by atoms with Crippen LogP contribution in [0.4, 0.5) is 4.79 Å². The van der Waals surface area contributed by atoms with E-state index in [1.165, 1.54) is 23.9 Å². The molecular weight excluding hydrogens is 681 g/mol. The van der Waals surface area contributed by atoms with Crippen LogP contribution in [0, 0.1) is 0 Å². The van der Waals surface area contributed by atoms with Crippen molar-refractivity contribution in [2.24, 2.45) is 0 Å². The van der Waals surface area contributed by atoms with Gasteiger partial charge in [0.2, 0.25) is 11.8 Å². The number of aromatic nitrogens is 3. The predicted molar refractivity (Wildman–Crippen MR) is 182 cm³/mol. The van der Waals surface area contributed by atoms with Crippen LogP contribution in [0.25, 0.3) is 39.2 Å². The highest BCUT2D eigenvalue weighted by Crippen LogP contribution is 2.43. The molecule has 0 radical (unpaired) electrons. The summed E-state index contributed by atoms with van der Waals surface area (Å²) < 4.78 is 6.84. The molecule has 0 saturated carbocycles. The molecule has 1 unspecified atom stereocenters. The number of benzene rings is 2. The Bertz CT molecular complexity index is 2170. The number of aldehydes is 1. The molecular formula is C34H26Cl3N5O6. The maximum absolute atomic E-state index is 12.5. The van der Waals surface area contributed by atoms with Gasteiger partial charge in [0.25, 0.3) is 5.56 Å². The van der Waals surface area contributed by atoms with Crippen LogP contribution in [-0.2, 0) is 11.3 Å². The van der Waals surface area contributed by atoms with E-state index < -0.39 is 11.7 Å². The summed E-state index contributed by atoms with van der Waals surface area (Å²) in [6.45, 7) is -0.0182. The molecule has 14 heteroatoms. The second kappa shape index (κ2) is 13.6. The first kappa shape index (κ1) is 33.0. The molecule has 11 nitrogen and oxygen atoms in total. The second-order valence-corrected chi connectivity index (χ2v) is 12.2. The molecule has 2 N–H and O–H groups in total. The number of methoxy groups -OCH3 is 1. The van der Waals surface area contributed by atoms with Crippen molar-refractivity contribution < 1.29 is 24.2 Å². The molecule has 1 saturated heterocycles. The minimum absolute atomic E-state index is 0.0457. The van der Waals surface area contributed by atoms with E-state index in [9.17, 15) is 24.3 Å². The van der Waals surface area contributed by atoms with Crippen molar-refractivity contribution in [1.82, 2.24) is 24.6 Å². The van der Waals surface area contributed by atoms with E-state index in [1.807, 2.05) is 24.3 Å². The summed E-state index contributed by atoms with van der Waals surface area (Å²) >= 11 is 20.7. The van der Waals surface area contributed by atoms with E-state index >= 15 is 0 Å². The Labute approximate surface area is 288 Å². The number of halogens is 3. The van der Waals surface area contributed by atoms with Crippen LogP contribution in [0.5, 0.6) is 5.88 Å². The molecule has 0 bridgehead atoms. The summed E-state index contributed by atoms with van der Waals surface area (Å²) in [5.74, 6) is 0.0168. The zero-order chi connectivity index (χ0) is 34.1. The quantitative estimate of drug-likeness (QED) is 0.163. The Kier molecular flexibility index (Phi) is 9.36. The molecule has 2 aromatic carbocycles. The lowest BCUT2D eigenvalue weighted by atomic mass is 9.97. The fraction of sp³-hybridized carbons (Fsp3) is 0.176. The van der Waals surface area contributed by atoms with Gasteiger partial charge in [-0.15, -0.1) is 0 Å². The summed E-state index contributed by atoms with van der Waals surface area (Å²) in [4.78, 5) is 57.4. The highest BCUT2D eigenvalue weighted by Gasteiger charge is 2.27. The van der Waals surface area contributed by atoms with Gasteiger partial charge in [-0.25, -0.2) is 14.8 Å². The number of pyridine rings is 2. The van der Waals surface area contributed by atoms with Gasteiger partial charge in [0.05, 0.1) is 45.5 Å². The molecule has 1 fully saturated rings. The van der Waals surface area contributed by atoms with E-state index in [2.05, 4.69) is 15.3 Å². The van der Waals surface area contributed by atoms with E-state index in [0.717, 1.165) is 4.90 Å². The Morgan fingerprint density at radius 1 is 1.06 bits per heavy atom. The fourth-order valence-corrected chi connectivity index (χ4v) is 6.59. The van der Waals surface area contributed by atoms with Crippen LogP contribution in [0.3, 0.4) is 0 Å². The Hall–Kier alpha value is -4.97. The largest absolute Gasteiger partial charge is 0.481 e. The first-order chi connectivity index (χ1) is 23.1. The number of nitrogens with one attached hydrogen (secondary N) is 1. The van der Waals surface area contributed by atoms with Crippen molar-refractivity contribution in [3.05, 3.63) is 104 Å². The number of carboxylic acid groups (broad SMARTS) is 1. The third-order valence-electron chi connectivity index (χ3n) is 8.11. The van der Waals surface area contributed by atoms with Gasteiger partial charge in [-0.3, -0.25) is 18.8 Å². The van der Waals surface area contributed by atoms with Crippen LogP contribution in [0.1, 0.15) is 28.8 Å². The molecule has 0 spiro atoms. The van der Waals surface area contributed by atoms with Crippen molar-refractivity contribution in [3.8, 4) is 39.4 Å². The van der Waals surface area contributed by atoms with Gasteiger partial charge in [-0.2, -0.15) is 0 Å². The molecule has 244 valence electrons. The molecule has 1 aliphatic heterocycles. The third kappa shape index (κ3) is 6.32. The molecule has 4 heterocycles. The first-order valence-electron chi connectivity index (χ1n) is 14.6. The number of hydrogen-bond acceptors (Lipinski definition) is 7. The Balaban J connectivity index is 1.34. The van der Waals surface area contributed by atoms with Crippen molar-refractivity contribution in [2.75, 3.05) is 13.7 Å². The summed E-state index contributed by atoms with van der Waals surface area (Å²) in [7, 11) is 1.41. The van der Waals surface area contributed by atoms with Gasteiger partial charge >= 0.3 is 6.09 Å². The van der Waals surface area contributed by atoms with Gasteiger partial charge < -0.3 is 20.1 Å². The number of fused-ring (bicyclic) bond motifs is 1. The summed E-state index contributed by atoms with van der Waals surface area (Å²) in [6.07, 6.45) is 2.96. The number of rotatable bonds is 9. The average Bonchev–Trinajstić information content (AvgIpc) is 3.49. The van der Waals surface area contributed by atoms with E-state index in [0.29, 0.717) is 73.9 Å². The van der Waals surface area contributed by atoms with Crippen LogP contribution in [-0.4, -0.2) is 62.4 Å². The molecule has 2 amide bonds. The molecule has 1 aliphatic rings. The van der Waals surface area contributed by atoms with Gasteiger partial charge in [0, 0.05) is 53.7 Å². The van der Waals surface area contributed by atoms with Gasteiger partial charge in [-0.1, -0.05) is 71.2 Å². The summed E-state index contributed by atoms with van der Waals surface area (Å²) in [5, 5.41) is 13.6. The number of amides is 2. The van der Waals surface area contributed by atoms with Gasteiger partial charge in [0.15, 0.2) is 6.29 Å². The number of carbonyl (C=O) groups is 3. The van der Waals surface area contributed by atoms with E-state index in [1.54, 1.807) is 30.3 Å². The van der Waals surface area contributed by atoms with Crippen LogP contribution < -0.4 is 15.6 Å². The molecule has 48 heavy (non-hydrogen) atoms. The molecule has 6 rings (SSSR count). The SMILES string of the molecule is COc1nc(-c2cccc(-c3cccc(-c4ccn5c(=O)c(C=O)cnc5c4)c3Cl)c2Cl)cc(Cl)c1CN(CC1CCC(=O)N1)C(=O)O. The second-order valence-electron chi connectivity index (χ2n) is 11.1. The van der Waals surface area contributed by atoms with Crippen molar-refractivity contribution in [3.63, 3.8) is 0 Å². The zero-order valence-electron chi connectivity index (χ0n) is 25.2. The molecule has 5 aromatic rings. The lowest BCUT2D eigenvalue weighted by molar-refractivity contribution is -0.119. The van der Waals surface area contributed by atoms with Crippen molar-refractivity contribution in [2.45, 2.75) is 25.4 Å². The van der Waals surface area contributed by atoms with Crippen molar-refractivity contribution >= 4 is 58.7 Å². The topological polar surface area (TPSA) is 143 Å². The molecule has 0 aliphatic carbocycles. The highest BCUT2D eigenvalue weighted by atomic mass is 35.5. The number of nitrogens with zero attached hydrogens (tertiary/aromatic N) is 4. The minimum atomic E-state index is -1.17. The van der Waals surface area contributed by atoms with Crippen LogP contribution in [0.2, 0.25) is 15.1 Å². The van der Waals surface area contributed by atoms with E-state index in [4.69, 9.17) is 39.5 Å². The van der Waals surface area contributed by atoms with Crippen molar-refractivity contribution in [1.29, 1.82) is 0 Å². The average molecular weight is 707 g/mol. The maximum atomic E-state index is 12.5. The highest BCUT2D eigenvalue weighted by molar-refractivity contribution is 6.39. The first-order valence-corrected chi connectivity index (χ1v) is 15.8. The van der Waals surface area contributed by atoms with Crippen LogP contribution >= 0.6 is 34.8 Å². The van der Waals surface area contributed by atoms with Gasteiger partial charge in [-0.05, 0) is 30.2 Å². The fourth-order valence-electron chi connectivity index (χ4n) is 5.69. The maximum Gasteiger partial charge on any atom is 0.407 e. The van der Waals surface area contributed by atoms with Gasteiger partial charge in [0.1, 0.15) is 5.65 Å². The number of ether oxygens (including phenoxy) is 1. The number of hydrogen-bond donors (Lipinski definition) is 2. The Morgan fingerprint density at radius 2 is 1.75 bits per heavy atom. The lowest BCUT2D eigenvalue weighted by Crippen LogP contribution is -2.41. The molecule has 1 atom stereocenters. The Morgan fingerprint density at radius 3 is 2.40 bits per heavy atom. The predicted octanol–water partition coefficient (Wildman–Crippen LogP) is 6.63. The lowest BCUT2D eigenvalue weighted by Gasteiger charge is -2.24. The minimum Gasteiger partial charge on any atom is -0.481 e. The third-order valence-corrected chi connectivity index (χ3v) is 9.26. The standard InChI is InChI=1S/C34H26Cl3N5O6/c1-48-32-25(16-41(34(46)47)15-20-8-9-29(44)39-20)26(35)13-27(40-32)24-7-3-6-23(31(24)37)22-5-2-4-21(30(22)36)18-10-11-42-28(12-18)38-14-19(17-43)33(42)45/h2-7,10-14,17,20H,8-9,15-16H2,1H3,(H,39,44)(H,46,47). The zero-order valence-corrected chi connectivity index (χ0v) is 27.5. The summed E-state index contributed by atoms with van der Waals surface area (Å²) in [5.41, 5.74) is 3.73.